The molecule has 3 saturated heterocycles. The molecule has 11 heteroatoms. The van der Waals surface area contributed by atoms with Crippen LogP contribution in [0, 0.1) is 0 Å². The first kappa shape index (κ1) is 20.1. The molecule has 0 unspecified atom stereocenters. The molecular weight excluding hydrogens is 384 g/mol. The van der Waals surface area contributed by atoms with Crippen LogP contribution in [-0.2, 0) is 18.9 Å². The summed E-state index contributed by atoms with van der Waals surface area (Å²) in [5, 5.41) is 8.92. The van der Waals surface area contributed by atoms with Crippen LogP contribution in [0.4, 0.5) is 10.6 Å². The minimum absolute atomic E-state index is 0.00903. The van der Waals surface area contributed by atoms with Gasteiger partial charge < -0.3 is 23.8 Å². The lowest BCUT2D eigenvalue weighted by Gasteiger charge is -2.27. The average Bonchev–Trinajstić information content (AvgIpc) is 3.19. The Morgan fingerprint density at radius 1 is 1.31 bits per heavy atom. The predicted molar refractivity (Wildman–Crippen MR) is 98.4 cm³/mol. The number of anilines is 1. The summed E-state index contributed by atoms with van der Waals surface area (Å²) in [5.74, 6) is -0.840. The minimum atomic E-state index is -0.865. The van der Waals surface area contributed by atoms with Gasteiger partial charge in [-0.1, -0.05) is 0 Å². The number of fused-ring (bicyclic) bond motifs is 1. The fourth-order valence-corrected chi connectivity index (χ4v) is 4.01. The molecule has 2 N–H and O–H groups in total. The highest BCUT2D eigenvalue weighted by molar-refractivity contribution is 5.67. The fourth-order valence-electron chi connectivity index (χ4n) is 4.01. The molecule has 4 atom stereocenters. The first-order chi connectivity index (χ1) is 13.9. The van der Waals surface area contributed by atoms with Crippen molar-refractivity contribution in [2.24, 2.45) is 0 Å². The van der Waals surface area contributed by atoms with Gasteiger partial charge in [0.25, 0.3) is 0 Å². The standard InChI is InChI=1S/C18H26N4O7/c1-18(2)28-13-11(10-26-17(24)21-7-4-3-5-8-21)27-15(14(13)29-18)22-9-6-12(20-25)19-16(22)23/h6,9,11,13-15,25H,3-5,7-8,10H2,1-2H3,(H,19,20,23)/t11-,13-,14-,15-/m1/s1. The number of hydrogen-bond donors (Lipinski definition) is 2. The Morgan fingerprint density at radius 3 is 2.72 bits per heavy atom. The summed E-state index contributed by atoms with van der Waals surface area (Å²) in [6.07, 6.45) is 1.67. The topological polar surface area (TPSA) is 124 Å². The number of nitrogens with one attached hydrogen (secondary N) is 1. The second-order valence-electron chi connectivity index (χ2n) is 7.87. The number of nitrogens with zero attached hydrogens (tertiary/aromatic N) is 3. The number of aromatic nitrogens is 2. The third kappa shape index (κ3) is 4.08. The maximum Gasteiger partial charge on any atom is 0.409 e. The quantitative estimate of drug-likeness (QED) is 0.702. The first-order valence-corrected chi connectivity index (χ1v) is 9.80. The van der Waals surface area contributed by atoms with Gasteiger partial charge in [0, 0.05) is 19.3 Å². The van der Waals surface area contributed by atoms with Crippen molar-refractivity contribution in [3.8, 4) is 0 Å². The normalized spacial score (nSPS) is 30.8. The summed E-state index contributed by atoms with van der Waals surface area (Å²) in [6, 6.07) is 1.43. The van der Waals surface area contributed by atoms with Gasteiger partial charge in [-0.05, 0) is 39.2 Å². The summed E-state index contributed by atoms with van der Waals surface area (Å²) < 4.78 is 24.7. The second kappa shape index (κ2) is 7.90. The molecule has 0 spiro atoms. The Kier molecular flexibility index (Phi) is 5.47. The Balaban J connectivity index is 1.49. The molecule has 0 bridgehead atoms. The van der Waals surface area contributed by atoms with Crippen LogP contribution in [0.25, 0.3) is 0 Å². The lowest BCUT2D eigenvalue weighted by molar-refractivity contribution is -0.200. The molecule has 29 heavy (non-hydrogen) atoms. The number of ether oxygens (including phenoxy) is 4. The summed E-state index contributed by atoms with van der Waals surface area (Å²) >= 11 is 0. The molecule has 0 aromatic carbocycles. The van der Waals surface area contributed by atoms with Crippen molar-refractivity contribution in [3.63, 3.8) is 0 Å². The molecule has 4 heterocycles. The van der Waals surface area contributed by atoms with E-state index in [0.717, 1.165) is 19.3 Å². The molecule has 0 saturated carbocycles. The maximum absolute atomic E-state index is 12.3. The lowest BCUT2D eigenvalue weighted by Crippen LogP contribution is -2.39. The maximum atomic E-state index is 12.3. The van der Waals surface area contributed by atoms with Crippen molar-refractivity contribution in [1.82, 2.24) is 14.5 Å². The van der Waals surface area contributed by atoms with Crippen LogP contribution in [-0.4, -0.2) is 69.5 Å². The first-order valence-electron chi connectivity index (χ1n) is 9.80. The molecule has 11 nitrogen and oxygen atoms in total. The molecular formula is C18H26N4O7. The summed E-state index contributed by atoms with van der Waals surface area (Å²) in [5.41, 5.74) is 1.22. The van der Waals surface area contributed by atoms with E-state index >= 15 is 0 Å². The van der Waals surface area contributed by atoms with Crippen LogP contribution in [0.3, 0.4) is 0 Å². The Labute approximate surface area is 167 Å². The van der Waals surface area contributed by atoms with E-state index in [4.69, 9.17) is 24.2 Å². The summed E-state index contributed by atoms with van der Waals surface area (Å²) in [6.45, 7) is 4.93. The Morgan fingerprint density at radius 2 is 2.03 bits per heavy atom. The number of carbonyl (C=O) groups is 1. The van der Waals surface area contributed by atoms with Crippen molar-refractivity contribution < 1.29 is 28.9 Å². The van der Waals surface area contributed by atoms with E-state index < -0.39 is 36.0 Å². The van der Waals surface area contributed by atoms with Crippen LogP contribution in [0.5, 0.6) is 0 Å². The van der Waals surface area contributed by atoms with Gasteiger partial charge in [0.1, 0.15) is 24.9 Å². The second-order valence-corrected chi connectivity index (χ2v) is 7.87. The number of amides is 1. The molecule has 1 aromatic rings. The number of piperidine rings is 1. The van der Waals surface area contributed by atoms with Crippen molar-refractivity contribution in [2.45, 2.75) is 63.4 Å². The molecule has 4 rings (SSSR count). The highest BCUT2D eigenvalue weighted by atomic mass is 16.8. The molecule has 1 aromatic heterocycles. The van der Waals surface area contributed by atoms with E-state index in [0.29, 0.717) is 13.1 Å². The summed E-state index contributed by atoms with van der Waals surface area (Å²) in [4.78, 5) is 30.1. The van der Waals surface area contributed by atoms with Crippen molar-refractivity contribution in [1.29, 1.82) is 0 Å². The fraction of sp³-hybridized carbons (Fsp3) is 0.722. The van der Waals surface area contributed by atoms with Crippen LogP contribution in [0.1, 0.15) is 39.3 Å². The van der Waals surface area contributed by atoms with Gasteiger partial charge in [-0.3, -0.25) is 15.3 Å². The van der Waals surface area contributed by atoms with Gasteiger partial charge in [0.15, 0.2) is 17.8 Å². The van der Waals surface area contributed by atoms with Crippen molar-refractivity contribution in [3.05, 3.63) is 22.7 Å². The van der Waals surface area contributed by atoms with E-state index in [2.05, 4.69) is 4.98 Å². The van der Waals surface area contributed by atoms with Crippen LogP contribution < -0.4 is 11.2 Å². The zero-order valence-corrected chi connectivity index (χ0v) is 16.4. The molecule has 3 aliphatic heterocycles. The van der Waals surface area contributed by atoms with Gasteiger partial charge in [-0.2, -0.15) is 4.98 Å². The smallest absolute Gasteiger partial charge is 0.409 e. The zero-order valence-electron chi connectivity index (χ0n) is 16.4. The molecule has 3 fully saturated rings. The zero-order chi connectivity index (χ0) is 20.6. The predicted octanol–water partition coefficient (Wildman–Crippen LogP) is 1.08. The van der Waals surface area contributed by atoms with E-state index in [1.807, 2.05) is 5.48 Å². The number of carbonyl (C=O) groups excluding carboxylic acids is 1. The highest BCUT2D eigenvalue weighted by Crippen LogP contribution is 2.42. The Hall–Kier alpha value is -2.21. The van der Waals surface area contributed by atoms with Crippen LogP contribution >= 0.6 is 0 Å². The average molecular weight is 410 g/mol. The monoisotopic (exact) mass is 410 g/mol. The number of rotatable bonds is 4. The lowest BCUT2D eigenvalue weighted by atomic mass is 10.1. The van der Waals surface area contributed by atoms with E-state index in [1.165, 1.54) is 16.8 Å². The largest absolute Gasteiger partial charge is 0.447 e. The number of hydrogen-bond acceptors (Lipinski definition) is 9. The van der Waals surface area contributed by atoms with Crippen molar-refractivity contribution in [2.75, 3.05) is 25.2 Å². The van der Waals surface area contributed by atoms with Gasteiger partial charge in [0.2, 0.25) is 0 Å². The van der Waals surface area contributed by atoms with E-state index in [-0.39, 0.29) is 18.5 Å². The SMILES string of the molecule is CC1(C)O[C@@H]2[C@H](O1)[C@@H](COC(=O)N1CCCCC1)O[C@H]2n1ccc(NO)nc1=O. The van der Waals surface area contributed by atoms with Crippen LogP contribution in [0.15, 0.2) is 17.1 Å². The Bertz CT molecular complexity index is 808. The van der Waals surface area contributed by atoms with Gasteiger partial charge in [0.05, 0.1) is 0 Å². The molecule has 3 aliphatic rings. The summed E-state index contributed by atoms with van der Waals surface area (Å²) in [7, 11) is 0. The van der Waals surface area contributed by atoms with Gasteiger partial charge in [-0.25, -0.2) is 9.59 Å². The van der Waals surface area contributed by atoms with Crippen LogP contribution in [0.2, 0.25) is 0 Å². The van der Waals surface area contributed by atoms with Crippen molar-refractivity contribution >= 4 is 11.9 Å². The highest BCUT2D eigenvalue weighted by Gasteiger charge is 2.56. The molecule has 160 valence electrons. The molecule has 0 radical (unpaired) electrons. The third-order valence-corrected chi connectivity index (χ3v) is 5.33. The molecule has 1 amide bonds. The van der Waals surface area contributed by atoms with E-state index in [9.17, 15) is 9.59 Å². The molecule has 0 aliphatic carbocycles. The van der Waals surface area contributed by atoms with Gasteiger partial charge >= 0.3 is 11.8 Å². The minimum Gasteiger partial charge on any atom is -0.447 e. The third-order valence-electron chi connectivity index (χ3n) is 5.33. The van der Waals surface area contributed by atoms with E-state index in [1.54, 1.807) is 18.7 Å². The number of likely N-dealkylation sites (tertiary alicyclic amines) is 1. The van der Waals surface area contributed by atoms with Gasteiger partial charge in [-0.15, -0.1) is 0 Å².